The molecule has 0 bridgehead atoms. The van der Waals surface area contributed by atoms with Crippen LogP contribution in [0.3, 0.4) is 0 Å². The molecule has 0 aliphatic rings. The number of aliphatic hydroxyl groups excluding tert-OH is 1. The van der Waals surface area contributed by atoms with Crippen molar-refractivity contribution in [3.63, 3.8) is 0 Å². The minimum Gasteiger partial charge on any atom is -0.508 e. The highest BCUT2D eigenvalue weighted by atomic mass is 79.9. The molecule has 1 atom stereocenters. The van der Waals surface area contributed by atoms with Gasteiger partial charge in [-0.3, -0.25) is 4.79 Å². The maximum atomic E-state index is 10.3. The van der Waals surface area contributed by atoms with E-state index in [0.29, 0.717) is 4.47 Å². The molecular formula is C9H9BrO4. The van der Waals surface area contributed by atoms with Crippen molar-refractivity contribution in [2.45, 2.75) is 12.5 Å². The number of carboxylic acids is 1. The van der Waals surface area contributed by atoms with Gasteiger partial charge in [0.15, 0.2) is 0 Å². The first-order valence-corrected chi connectivity index (χ1v) is 4.69. The van der Waals surface area contributed by atoms with E-state index in [2.05, 4.69) is 15.9 Å². The second-order valence-electron chi connectivity index (χ2n) is 2.79. The number of benzene rings is 1. The number of phenolic OH excluding ortho intramolecular Hbond substituents is 1. The summed E-state index contributed by atoms with van der Waals surface area (Å²) in [6.07, 6.45) is -1.64. The molecule has 1 aromatic rings. The molecule has 0 fully saturated rings. The summed E-state index contributed by atoms with van der Waals surface area (Å²) >= 11 is 3.12. The van der Waals surface area contributed by atoms with Gasteiger partial charge in [0, 0.05) is 10.0 Å². The fourth-order valence-corrected chi connectivity index (χ4v) is 1.74. The van der Waals surface area contributed by atoms with Gasteiger partial charge in [-0.05, 0) is 12.1 Å². The first-order chi connectivity index (χ1) is 6.52. The number of rotatable bonds is 3. The van der Waals surface area contributed by atoms with Crippen LogP contribution in [0.2, 0.25) is 0 Å². The monoisotopic (exact) mass is 260 g/mol. The number of aromatic hydroxyl groups is 1. The zero-order valence-corrected chi connectivity index (χ0v) is 8.73. The highest BCUT2D eigenvalue weighted by molar-refractivity contribution is 9.10. The third kappa shape index (κ3) is 2.46. The van der Waals surface area contributed by atoms with Gasteiger partial charge in [-0.15, -0.1) is 0 Å². The zero-order valence-electron chi connectivity index (χ0n) is 7.14. The molecule has 0 amide bonds. The summed E-state index contributed by atoms with van der Waals surface area (Å²) in [7, 11) is 0. The Morgan fingerprint density at radius 2 is 2.14 bits per heavy atom. The summed E-state index contributed by atoms with van der Waals surface area (Å²) < 4.78 is 0.492. The lowest BCUT2D eigenvalue weighted by atomic mass is 10.1. The topological polar surface area (TPSA) is 77.8 Å². The van der Waals surface area contributed by atoms with Gasteiger partial charge in [0.1, 0.15) is 5.75 Å². The van der Waals surface area contributed by atoms with Gasteiger partial charge >= 0.3 is 5.97 Å². The first kappa shape index (κ1) is 11.0. The van der Waals surface area contributed by atoms with E-state index in [1.54, 1.807) is 12.1 Å². The Bertz CT molecular complexity index is 330. The van der Waals surface area contributed by atoms with Gasteiger partial charge in [-0.2, -0.15) is 0 Å². The SMILES string of the molecule is O=C(O)CC(O)c1c(O)cccc1Br. The van der Waals surface area contributed by atoms with E-state index in [0.717, 1.165) is 0 Å². The molecule has 0 aliphatic heterocycles. The summed E-state index contributed by atoms with van der Waals surface area (Å²) in [4.78, 5) is 10.3. The van der Waals surface area contributed by atoms with Crippen molar-refractivity contribution in [3.8, 4) is 5.75 Å². The number of aliphatic hydroxyl groups is 1. The number of hydrogen-bond acceptors (Lipinski definition) is 3. The third-order valence-corrected chi connectivity index (χ3v) is 2.42. The Hall–Kier alpha value is -1.07. The summed E-state index contributed by atoms with van der Waals surface area (Å²) in [5.41, 5.74) is 0.204. The standard InChI is InChI=1S/C9H9BrO4/c10-5-2-1-3-6(11)9(5)7(12)4-8(13)14/h1-3,7,11-12H,4H2,(H,13,14). The fourth-order valence-electron chi connectivity index (χ4n) is 1.12. The van der Waals surface area contributed by atoms with Crippen LogP contribution in [0, 0.1) is 0 Å². The molecule has 0 radical (unpaired) electrons. The highest BCUT2D eigenvalue weighted by Crippen LogP contribution is 2.32. The van der Waals surface area contributed by atoms with Crippen molar-refractivity contribution >= 4 is 21.9 Å². The molecule has 0 saturated carbocycles. The fraction of sp³-hybridized carbons (Fsp3) is 0.222. The molecule has 14 heavy (non-hydrogen) atoms. The predicted octanol–water partition coefficient (Wildman–Crippen LogP) is 1.66. The van der Waals surface area contributed by atoms with Gasteiger partial charge in [0.2, 0.25) is 0 Å². The summed E-state index contributed by atoms with van der Waals surface area (Å²) in [5.74, 6) is -1.24. The zero-order chi connectivity index (χ0) is 10.7. The van der Waals surface area contributed by atoms with Crippen molar-refractivity contribution < 1.29 is 20.1 Å². The van der Waals surface area contributed by atoms with E-state index in [4.69, 9.17) is 5.11 Å². The quantitative estimate of drug-likeness (QED) is 0.773. The van der Waals surface area contributed by atoms with Crippen molar-refractivity contribution in [2.75, 3.05) is 0 Å². The van der Waals surface area contributed by atoms with Crippen LogP contribution in [0.4, 0.5) is 0 Å². The normalized spacial score (nSPS) is 12.4. The van der Waals surface area contributed by atoms with Crippen molar-refractivity contribution in [2.24, 2.45) is 0 Å². The average Bonchev–Trinajstić information content (AvgIpc) is 2.01. The van der Waals surface area contributed by atoms with Crippen LogP contribution in [-0.4, -0.2) is 21.3 Å². The molecule has 1 aromatic carbocycles. The van der Waals surface area contributed by atoms with Crippen LogP contribution in [-0.2, 0) is 4.79 Å². The molecule has 0 spiro atoms. The summed E-state index contributed by atoms with van der Waals surface area (Å²) in [6, 6.07) is 4.61. The van der Waals surface area contributed by atoms with Gasteiger partial charge < -0.3 is 15.3 Å². The van der Waals surface area contributed by atoms with Crippen molar-refractivity contribution in [3.05, 3.63) is 28.2 Å². The van der Waals surface area contributed by atoms with E-state index in [1.807, 2.05) is 0 Å². The first-order valence-electron chi connectivity index (χ1n) is 3.89. The Balaban J connectivity index is 2.99. The Morgan fingerprint density at radius 3 is 2.64 bits per heavy atom. The van der Waals surface area contributed by atoms with E-state index >= 15 is 0 Å². The van der Waals surface area contributed by atoms with Crippen LogP contribution in [0.15, 0.2) is 22.7 Å². The minimum atomic E-state index is -1.21. The molecule has 4 nitrogen and oxygen atoms in total. The molecule has 5 heteroatoms. The van der Waals surface area contributed by atoms with E-state index < -0.39 is 18.5 Å². The van der Waals surface area contributed by atoms with Gasteiger partial charge in [-0.1, -0.05) is 22.0 Å². The molecule has 0 heterocycles. The van der Waals surface area contributed by atoms with E-state index in [-0.39, 0.29) is 11.3 Å². The Morgan fingerprint density at radius 1 is 1.50 bits per heavy atom. The van der Waals surface area contributed by atoms with E-state index in [1.165, 1.54) is 6.07 Å². The molecule has 0 aliphatic carbocycles. The second kappa shape index (κ2) is 4.43. The lowest BCUT2D eigenvalue weighted by Gasteiger charge is -2.11. The smallest absolute Gasteiger partial charge is 0.306 e. The average molecular weight is 261 g/mol. The Kier molecular flexibility index (Phi) is 3.49. The molecule has 1 unspecified atom stereocenters. The third-order valence-electron chi connectivity index (χ3n) is 1.73. The highest BCUT2D eigenvalue weighted by Gasteiger charge is 2.18. The molecule has 0 aromatic heterocycles. The molecule has 0 saturated heterocycles. The number of phenols is 1. The number of hydrogen-bond donors (Lipinski definition) is 3. The summed E-state index contributed by atoms with van der Waals surface area (Å²) in [6.45, 7) is 0. The lowest BCUT2D eigenvalue weighted by Crippen LogP contribution is -2.06. The largest absolute Gasteiger partial charge is 0.508 e. The van der Waals surface area contributed by atoms with E-state index in [9.17, 15) is 15.0 Å². The van der Waals surface area contributed by atoms with Gasteiger partial charge in [0.05, 0.1) is 12.5 Å². The maximum absolute atomic E-state index is 10.3. The molecule has 3 N–H and O–H groups in total. The molecule has 76 valence electrons. The number of carbonyl (C=O) groups is 1. The second-order valence-corrected chi connectivity index (χ2v) is 3.64. The maximum Gasteiger partial charge on any atom is 0.306 e. The van der Waals surface area contributed by atoms with Crippen LogP contribution >= 0.6 is 15.9 Å². The van der Waals surface area contributed by atoms with Crippen molar-refractivity contribution in [1.29, 1.82) is 0 Å². The summed E-state index contributed by atoms with van der Waals surface area (Å²) in [5, 5.41) is 27.3. The van der Waals surface area contributed by atoms with Crippen molar-refractivity contribution in [1.82, 2.24) is 0 Å². The Labute approximate surface area is 88.9 Å². The molecule has 1 rings (SSSR count). The molecular weight excluding hydrogens is 252 g/mol. The van der Waals surface area contributed by atoms with Gasteiger partial charge in [0.25, 0.3) is 0 Å². The van der Waals surface area contributed by atoms with Crippen LogP contribution in [0.5, 0.6) is 5.75 Å². The van der Waals surface area contributed by atoms with Gasteiger partial charge in [-0.25, -0.2) is 0 Å². The predicted molar refractivity (Wildman–Crippen MR) is 53.0 cm³/mol. The number of halogens is 1. The number of carboxylic acid groups (broad SMARTS) is 1. The van der Waals surface area contributed by atoms with Crippen LogP contribution < -0.4 is 0 Å². The van der Waals surface area contributed by atoms with Crippen LogP contribution in [0.25, 0.3) is 0 Å². The lowest BCUT2D eigenvalue weighted by molar-refractivity contribution is -0.139. The van der Waals surface area contributed by atoms with Crippen LogP contribution in [0.1, 0.15) is 18.1 Å². The minimum absolute atomic E-state index is 0.117. The number of aliphatic carboxylic acids is 1.